The van der Waals surface area contributed by atoms with E-state index in [4.69, 9.17) is 4.74 Å². The summed E-state index contributed by atoms with van der Waals surface area (Å²) in [4.78, 5) is 0. The van der Waals surface area contributed by atoms with E-state index < -0.39 is 0 Å². The van der Waals surface area contributed by atoms with Crippen molar-refractivity contribution in [3.05, 3.63) is 35.4 Å². The summed E-state index contributed by atoms with van der Waals surface area (Å²) in [6.45, 7) is 10.9. The Labute approximate surface area is 123 Å². The minimum atomic E-state index is 0.230. The summed E-state index contributed by atoms with van der Waals surface area (Å²) in [6, 6.07) is 9.55. The highest BCUT2D eigenvalue weighted by Gasteiger charge is 2.25. The van der Waals surface area contributed by atoms with E-state index in [9.17, 15) is 0 Å². The van der Waals surface area contributed by atoms with Crippen LogP contribution in [0.25, 0.3) is 0 Å². The van der Waals surface area contributed by atoms with Gasteiger partial charge in [0.25, 0.3) is 0 Å². The molecule has 1 saturated heterocycles. The van der Waals surface area contributed by atoms with Crippen LogP contribution >= 0.6 is 0 Å². The highest BCUT2D eigenvalue weighted by atomic mass is 16.5. The molecule has 0 radical (unpaired) electrons. The van der Waals surface area contributed by atoms with Crippen LogP contribution in [0, 0.1) is 0 Å². The summed E-state index contributed by atoms with van der Waals surface area (Å²) in [5, 5.41) is 3.59. The fourth-order valence-corrected chi connectivity index (χ4v) is 2.91. The second kappa shape index (κ2) is 6.73. The molecule has 0 bridgehead atoms. The lowest BCUT2D eigenvalue weighted by molar-refractivity contribution is 0.0789. The molecule has 0 aliphatic carbocycles. The number of hydrogen-bond donors (Lipinski definition) is 1. The normalized spacial score (nSPS) is 21.1. The molecule has 2 nitrogen and oxygen atoms in total. The predicted octanol–water partition coefficient (Wildman–Crippen LogP) is 3.68. The van der Waals surface area contributed by atoms with Crippen LogP contribution in [-0.4, -0.2) is 25.3 Å². The summed E-state index contributed by atoms with van der Waals surface area (Å²) in [6.07, 6.45) is 3.84. The van der Waals surface area contributed by atoms with Crippen LogP contribution in [0.2, 0.25) is 0 Å². The summed E-state index contributed by atoms with van der Waals surface area (Å²) in [5.41, 5.74) is 3.03. The molecule has 112 valence electrons. The summed E-state index contributed by atoms with van der Waals surface area (Å²) >= 11 is 0. The highest BCUT2D eigenvalue weighted by Crippen LogP contribution is 2.23. The molecule has 2 rings (SSSR count). The number of likely N-dealkylation sites (N-methyl/N-ethyl adjacent to an activating group) is 1. The van der Waals surface area contributed by atoms with Crippen molar-refractivity contribution in [3.63, 3.8) is 0 Å². The summed E-state index contributed by atoms with van der Waals surface area (Å²) < 4.78 is 5.86. The number of benzene rings is 1. The first-order chi connectivity index (χ1) is 9.50. The van der Waals surface area contributed by atoms with E-state index in [1.165, 1.54) is 24.0 Å². The average molecular weight is 275 g/mol. The Morgan fingerprint density at radius 2 is 1.95 bits per heavy atom. The lowest BCUT2D eigenvalue weighted by Crippen LogP contribution is -2.41. The van der Waals surface area contributed by atoms with Gasteiger partial charge in [-0.1, -0.05) is 52.0 Å². The molecule has 0 saturated carbocycles. The minimum Gasteiger partial charge on any atom is -0.377 e. The molecule has 1 N–H and O–H groups in total. The second-order valence-electron chi connectivity index (χ2n) is 6.87. The van der Waals surface area contributed by atoms with Crippen LogP contribution < -0.4 is 5.32 Å². The van der Waals surface area contributed by atoms with Gasteiger partial charge in [-0.05, 0) is 42.3 Å². The fourth-order valence-electron chi connectivity index (χ4n) is 2.91. The van der Waals surface area contributed by atoms with Crippen LogP contribution in [0.1, 0.15) is 51.7 Å². The second-order valence-corrected chi connectivity index (χ2v) is 6.87. The molecule has 1 aromatic rings. The van der Waals surface area contributed by atoms with Gasteiger partial charge in [-0.3, -0.25) is 0 Å². The average Bonchev–Trinajstić information content (AvgIpc) is 2.91. The molecule has 20 heavy (non-hydrogen) atoms. The standard InChI is InChI=1S/C18H29NO/c1-5-19-16(17-7-6-12-20-17)13-14-8-10-15(11-9-14)18(2,3)4/h8-11,16-17,19H,5-7,12-13H2,1-4H3. The number of nitrogens with one attached hydrogen (secondary N) is 1. The van der Waals surface area contributed by atoms with Crippen molar-refractivity contribution in [2.75, 3.05) is 13.2 Å². The van der Waals surface area contributed by atoms with Crippen LogP contribution in [0.3, 0.4) is 0 Å². The molecule has 2 atom stereocenters. The van der Waals surface area contributed by atoms with Gasteiger partial charge in [0.1, 0.15) is 0 Å². The van der Waals surface area contributed by atoms with E-state index in [2.05, 4.69) is 57.3 Å². The van der Waals surface area contributed by atoms with Gasteiger partial charge in [0.2, 0.25) is 0 Å². The van der Waals surface area contributed by atoms with Crippen molar-refractivity contribution in [1.82, 2.24) is 5.32 Å². The Hall–Kier alpha value is -0.860. The molecule has 2 unspecified atom stereocenters. The Balaban J connectivity index is 2.02. The molecular formula is C18H29NO. The van der Waals surface area contributed by atoms with Gasteiger partial charge >= 0.3 is 0 Å². The van der Waals surface area contributed by atoms with Crippen molar-refractivity contribution in [2.24, 2.45) is 0 Å². The third-order valence-corrected chi connectivity index (χ3v) is 4.16. The van der Waals surface area contributed by atoms with Gasteiger partial charge in [-0.25, -0.2) is 0 Å². The number of rotatable bonds is 5. The van der Waals surface area contributed by atoms with E-state index in [1.807, 2.05) is 0 Å². The van der Waals surface area contributed by atoms with Gasteiger partial charge < -0.3 is 10.1 Å². The maximum absolute atomic E-state index is 5.86. The summed E-state index contributed by atoms with van der Waals surface area (Å²) in [5.74, 6) is 0. The maximum Gasteiger partial charge on any atom is 0.0732 e. The van der Waals surface area contributed by atoms with Gasteiger partial charge in [0, 0.05) is 12.6 Å². The zero-order valence-electron chi connectivity index (χ0n) is 13.4. The molecule has 1 aliphatic rings. The van der Waals surface area contributed by atoms with Gasteiger partial charge in [-0.2, -0.15) is 0 Å². The highest BCUT2D eigenvalue weighted by molar-refractivity contribution is 5.28. The Morgan fingerprint density at radius 3 is 2.45 bits per heavy atom. The maximum atomic E-state index is 5.86. The van der Waals surface area contributed by atoms with Crippen LogP contribution in [0.5, 0.6) is 0 Å². The van der Waals surface area contributed by atoms with Gasteiger partial charge in [0.15, 0.2) is 0 Å². The molecule has 1 fully saturated rings. The first-order valence-electron chi connectivity index (χ1n) is 7.95. The molecule has 0 spiro atoms. The van der Waals surface area contributed by atoms with Gasteiger partial charge in [-0.15, -0.1) is 0 Å². The topological polar surface area (TPSA) is 21.3 Å². The van der Waals surface area contributed by atoms with Crippen molar-refractivity contribution in [1.29, 1.82) is 0 Å². The molecule has 1 heterocycles. The SMILES string of the molecule is CCNC(Cc1ccc(C(C)(C)C)cc1)C1CCCO1. The van der Waals surface area contributed by atoms with Crippen molar-refractivity contribution in [3.8, 4) is 0 Å². The van der Waals surface area contributed by atoms with Crippen molar-refractivity contribution in [2.45, 2.75) is 64.5 Å². The molecule has 0 aromatic heterocycles. The monoisotopic (exact) mass is 275 g/mol. The minimum absolute atomic E-state index is 0.230. The molecule has 0 amide bonds. The number of hydrogen-bond acceptors (Lipinski definition) is 2. The third kappa shape index (κ3) is 4.07. The lowest BCUT2D eigenvalue weighted by atomic mass is 9.86. The van der Waals surface area contributed by atoms with E-state index in [0.717, 1.165) is 19.6 Å². The van der Waals surface area contributed by atoms with E-state index in [0.29, 0.717) is 12.1 Å². The molecule has 1 aliphatic heterocycles. The Morgan fingerprint density at radius 1 is 1.25 bits per heavy atom. The number of ether oxygens (including phenoxy) is 1. The van der Waals surface area contributed by atoms with Crippen molar-refractivity contribution < 1.29 is 4.74 Å². The Bertz CT molecular complexity index is 398. The van der Waals surface area contributed by atoms with E-state index in [1.54, 1.807) is 0 Å². The van der Waals surface area contributed by atoms with Crippen molar-refractivity contribution >= 4 is 0 Å². The fraction of sp³-hybridized carbons (Fsp3) is 0.667. The first kappa shape index (κ1) is 15.5. The lowest BCUT2D eigenvalue weighted by Gasteiger charge is -2.24. The zero-order chi connectivity index (χ0) is 14.6. The smallest absolute Gasteiger partial charge is 0.0732 e. The largest absolute Gasteiger partial charge is 0.377 e. The third-order valence-electron chi connectivity index (χ3n) is 4.16. The van der Waals surface area contributed by atoms with Crippen LogP contribution in [0.4, 0.5) is 0 Å². The molecule has 2 heteroatoms. The summed E-state index contributed by atoms with van der Waals surface area (Å²) in [7, 11) is 0. The Kier molecular flexibility index (Phi) is 5.22. The van der Waals surface area contributed by atoms with Gasteiger partial charge in [0.05, 0.1) is 6.10 Å². The molecular weight excluding hydrogens is 246 g/mol. The first-order valence-corrected chi connectivity index (χ1v) is 7.95. The van der Waals surface area contributed by atoms with Crippen LogP contribution in [-0.2, 0) is 16.6 Å². The zero-order valence-corrected chi connectivity index (χ0v) is 13.4. The van der Waals surface area contributed by atoms with Crippen LogP contribution in [0.15, 0.2) is 24.3 Å². The van der Waals surface area contributed by atoms with E-state index in [-0.39, 0.29) is 5.41 Å². The molecule has 1 aromatic carbocycles. The quantitative estimate of drug-likeness (QED) is 0.885. The predicted molar refractivity (Wildman–Crippen MR) is 85.3 cm³/mol. The van der Waals surface area contributed by atoms with E-state index >= 15 is 0 Å².